The van der Waals surface area contributed by atoms with Crippen molar-refractivity contribution in [3.05, 3.63) is 63.2 Å². The van der Waals surface area contributed by atoms with Gasteiger partial charge in [0, 0.05) is 64.2 Å². The maximum Gasteiger partial charge on any atom is 0.254 e. The zero-order valence-corrected chi connectivity index (χ0v) is 23.3. The summed E-state index contributed by atoms with van der Waals surface area (Å²) >= 11 is 1.49. The van der Waals surface area contributed by atoms with Crippen LogP contribution in [0.2, 0.25) is 0 Å². The monoisotopic (exact) mass is 542 g/mol. The Bertz CT molecular complexity index is 1400. The van der Waals surface area contributed by atoms with E-state index in [9.17, 15) is 18.4 Å². The van der Waals surface area contributed by atoms with Crippen LogP contribution in [0.4, 0.5) is 8.78 Å². The van der Waals surface area contributed by atoms with Crippen molar-refractivity contribution in [2.75, 3.05) is 19.3 Å². The van der Waals surface area contributed by atoms with E-state index in [4.69, 9.17) is 0 Å². The molecular formula is C29H36F2N4O2S. The van der Waals surface area contributed by atoms with E-state index >= 15 is 0 Å². The lowest BCUT2D eigenvalue weighted by molar-refractivity contribution is -0.129. The number of fused-ring (bicyclic) bond motifs is 1. The first-order valence-electron chi connectivity index (χ1n) is 13.4. The van der Waals surface area contributed by atoms with Crippen molar-refractivity contribution in [3.8, 4) is 0 Å². The number of halogens is 2. The van der Waals surface area contributed by atoms with Crippen molar-refractivity contribution in [2.24, 2.45) is 5.92 Å². The quantitative estimate of drug-likeness (QED) is 0.378. The molecule has 1 unspecified atom stereocenters. The number of alkyl halides is 2. The van der Waals surface area contributed by atoms with Crippen molar-refractivity contribution >= 4 is 28.6 Å². The summed E-state index contributed by atoms with van der Waals surface area (Å²) in [6.07, 6.45) is 3.79. The summed E-state index contributed by atoms with van der Waals surface area (Å²) in [4.78, 5) is 32.0. The van der Waals surface area contributed by atoms with Crippen molar-refractivity contribution in [1.29, 1.82) is 0 Å². The summed E-state index contributed by atoms with van der Waals surface area (Å²) in [5, 5.41) is 3.89. The fourth-order valence-electron chi connectivity index (χ4n) is 6.36. The van der Waals surface area contributed by atoms with Crippen LogP contribution in [0.3, 0.4) is 0 Å². The van der Waals surface area contributed by atoms with Crippen LogP contribution in [-0.2, 0) is 6.54 Å². The van der Waals surface area contributed by atoms with Gasteiger partial charge >= 0.3 is 0 Å². The Balaban J connectivity index is 1.35. The molecule has 1 aliphatic carbocycles. The first-order chi connectivity index (χ1) is 18.1. The molecule has 0 bridgehead atoms. The number of nitrogens with one attached hydrogen (secondary N) is 2. The number of H-pyrrole nitrogens is 1. The number of nitrogens with zero attached hydrogens (tertiary/aromatic N) is 2. The van der Waals surface area contributed by atoms with Crippen molar-refractivity contribution < 1.29 is 13.6 Å². The minimum Gasteiger partial charge on any atom is -0.348 e. The third-order valence-corrected chi connectivity index (χ3v) is 9.31. The lowest BCUT2D eigenvalue weighted by atomic mass is 9.83. The third kappa shape index (κ3) is 5.02. The zero-order valence-electron chi connectivity index (χ0n) is 22.4. The number of carbonyl (C=O) groups excluding carboxylic acids is 1. The predicted molar refractivity (Wildman–Crippen MR) is 148 cm³/mol. The van der Waals surface area contributed by atoms with Crippen LogP contribution >= 0.6 is 11.8 Å². The number of aromatic nitrogens is 2. The number of carbonyl (C=O) groups is 1. The number of amides is 1. The number of benzene rings is 1. The number of hydrogen-bond acceptors (Lipinski definition) is 4. The van der Waals surface area contributed by atoms with Crippen molar-refractivity contribution in [3.63, 3.8) is 0 Å². The number of hydrogen-bond donors (Lipinski definition) is 2. The van der Waals surface area contributed by atoms with Gasteiger partial charge in [0.2, 0.25) is 0 Å². The molecule has 3 heterocycles. The number of aryl methyl sites for hydroxylation is 1. The number of aromatic amines is 1. The Labute approximate surface area is 226 Å². The zero-order chi connectivity index (χ0) is 27.2. The molecule has 2 aliphatic rings. The Morgan fingerprint density at radius 3 is 2.55 bits per heavy atom. The number of likely N-dealkylation sites (tertiary alicyclic amines) is 1. The van der Waals surface area contributed by atoms with Gasteiger partial charge in [-0.15, -0.1) is 11.8 Å². The maximum atomic E-state index is 13.5. The molecule has 1 saturated carbocycles. The normalized spacial score (nSPS) is 19.4. The first kappa shape index (κ1) is 26.9. The van der Waals surface area contributed by atoms with Crippen LogP contribution in [0.5, 0.6) is 0 Å². The molecule has 38 heavy (non-hydrogen) atoms. The number of pyridine rings is 1. The number of thioether (sulfide) groups is 1. The second-order valence-corrected chi connectivity index (χ2v) is 11.7. The molecule has 204 valence electrons. The van der Waals surface area contributed by atoms with E-state index in [1.807, 2.05) is 44.4 Å². The van der Waals surface area contributed by atoms with Gasteiger partial charge in [0.15, 0.2) is 0 Å². The molecule has 0 radical (unpaired) electrons. The number of piperidine rings is 1. The first-order valence-corrected chi connectivity index (χ1v) is 14.6. The van der Waals surface area contributed by atoms with Crippen molar-refractivity contribution in [2.45, 2.75) is 75.9 Å². The van der Waals surface area contributed by atoms with E-state index in [0.29, 0.717) is 17.0 Å². The fourth-order valence-corrected chi connectivity index (χ4v) is 7.07. The molecule has 2 N–H and O–H groups in total. The van der Waals surface area contributed by atoms with E-state index in [2.05, 4.69) is 32.8 Å². The van der Waals surface area contributed by atoms with Gasteiger partial charge in [0.25, 0.3) is 17.4 Å². The molecule has 2 aromatic heterocycles. The molecular weight excluding hydrogens is 506 g/mol. The lowest BCUT2D eigenvalue weighted by Crippen LogP contribution is -2.53. The summed E-state index contributed by atoms with van der Waals surface area (Å²) in [7, 11) is 0. The summed E-state index contributed by atoms with van der Waals surface area (Å²) in [6, 6.07) is 10.1. The molecule has 1 aliphatic heterocycles. The Morgan fingerprint density at radius 2 is 1.89 bits per heavy atom. The Hall–Kier alpha value is -2.65. The summed E-state index contributed by atoms with van der Waals surface area (Å²) < 4.78 is 29.0. The second kappa shape index (κ2) is 10.5. The highest BCUT2D eigenvalue weighted by molar-refractivity contribution is 7.98. The molecule has 6 nitrogen and oxygen atoms in total. The summed E-state index contributed by atoms with van der Waals surface area (Å²) in [5.74, 6) is -2.29. The largest absolute Gasteiger partial charge is 0.348 e. The van der Waals surface area contributed by atoms with Gasteiger partial charge in [0.05, 0.1) is 5.56 Å². The molecule has 1 atom stereocenters. The van der Waals surface area contributed by atoms with E-state index < -0.39 is 5.92 Å². The van der Waals surface area contributed by atoms with Crippen LogP contribution in [0.25, 0.3) is 10.9 Å². The van der Waals surface area contributed by atoms with Gasteiger partial charge in [-0.2, -0.15) is 0 Å². The van der Waals surface area contributed by atoms with Gasteiger partial charge in [-0.1, -0.05) is 18.2 Å². The minimum atomic E-state index is -2.49. The highest BCUT2D eigenvalue weighted by Crippen LogP contribution is 2.43. The van der Waals surface area contributed by atoms with Crippen molar-refractivity contribution in [1.82, 2.24) is 19.8 Å². The number of para-hydroxylation sites is 1. The lowest BCUT2D eigenvalue weighted by Gasteiger charge is -2.46. The topological polar surface area (TPSA) is 70.1 Å². The van der Waals surface area contributed by atoms with Gasteiger partial charge < -0.3 is 14.9 Å². The molecule has 0 spiro atoms. The van der Waals surface area contributed by atoms with E-state index in [1.54, 1.807) is 0 Å². The number of rotatable bonds is 7. The van der Waals surface area contributed by atoms with Crippen LogP contribution < -0.4 is 10.9 Å². The van der Waals surface area contributed by atoms with Crippen LogP contribution in [0, 0.1) is 19.8 Å². The van der Waals surface area contributed by atoms with Gasteiger partial charge in [0.1, 0.15) is 0 Å². The van der Waals surface area contributed by atoms with E-state index in [1.165, 1.54) is 11.8 Å². The molecule has 1 saturated heterocycles. The summed E-state index contributed by atoms with van der Waals surface area (Å²) in [6.45, 7) is 7.86. The Kier molecular flexibility index (Phi) is 7.44. The SMILES string of the molecule is CSc1cc(C)[nH]c(=O)c1CNC(=O)c1c(C)n(C(C)C2CCN(C3CC(F)(F)C3)CC2)c2ccccc12. The fraction of sp³-hybridized carbons (Fsp3) is 0.517. The molecule has 3 aromatic rings. The maximum absolute atomic E-state index is 13.5. The minimum absolute atomic E-state index is 0.0121. The molecule has 2 fully saturated rings. The van der Waals surface area contributed by atoms with Gasteiger partial charge in [-0.25, -0.2) is 8.78 Å². The molecule has 1 amide bonds. The van der Waals surface area contributed by atoms with Gasteiger partial charge in [-0.3, -0.25) is 14.5 Å². The van der Waals surface area contributed by atoms with E-state index in [-0.39, 0.29) is 42.9 Å². The highest BCUT2D eigenvalue weighted by Gasteiger charge is 2.48. The third-order valence-electron chi connectivity index (χ3n) is 8.51. The molecule has 5 rings (SSSR count). The average Bonchev–Trinajstić information content (AvgIpc) is 3.17. The molecule has 1 aromatic carbocycles. The summed E-state index contributed by atoms with van der Waals surface area (Å²) in [5.41, 5.74) is 3.72. The standard InChI is InChI=1S/C29H36F2N4O2S/c1-17-13-25(38-4)23(27(36)33-17)16-32-28(37)26-19(3)35(24-8-6-5-7-22(24)26)18(2)20-9-11-34(12-10-20)21-14-29(30,31)15-21/h5-8,13,18,20-21H,9-12,14-16H2,1-4H3,(H,32,37)(H,33,36). The van der Waals surface area contributed by atoms with Gasteiger partial charge in [-0.05, 0) is 71.0 Å². The van der Waals surface area contributed by atoms with Crippen LogP contribution in [-0.4, -0.2) is 51.7 Å². The average molecular weight is 543 g/mol. The second-order valence-electron chi connectivity index (χ2n) is 10.9. The van der Waals surface area contributed by atoms with Crippen LogP contribution in [0.15, 0.2) is 40.0 Å². The Morgan fingerprint density at radius 1 is 1.21 bits per heavy atom. The highest BCUT2D eigenvalue weighted by atomic mass is 32.2. The molecule has 9 heteroatoms. The smallest absolute Gasteiger partial charge is 0.254 e. The predicted octanol–water partition coefficient (Wildman–Crippen LogP) is 5.67. The van der Waals surface area contributed by atoms with E-state index in [0.717, 1.165) is 53.1 Å². The van der Waals surface area contributed by atoms with Crippen LogP contribution in [0.1, 0.15) is 66.0 Å².